The van der Waals surface area contributed by atoms with Gasteiger partial charge in [0.15, 0.2) is 5.76 Å². The van der Waals surface area contributed by atoms with E-state index in [1.165, 1.54) is 6.26 Å². The highest BCUT2D eigenvalue weighted by Crippen LogP contribution is 2.35. The first kappa shape index (κ1) is 16.1. The number of furan rings is 1. The molecule has 0 spiro atoms. The summed E-state index contributed by atoms with van der Waals surface area (Å²) in [7, 11) is 0. The van der Waals surface area contributed by atoms with Crippen LogP contribution in [0.3, 0.4) is 0 Å². The highest BCUT2D eigenvalue weighted by molar-refractivity contribution is 5.91. The van der Waals surface area contributed by atoms with Crippen LogP contribution in [0, 0.1) is 11.8 Å². The highest BCUT2D eigenvalue weighted by Gasteiger charge is 2.42. The number of nitrogens with zero attached hydrogens (tertiary/aromatic N) is 1. The molecule has 1 N–H and O–H groups in total. The maximum atomic E-state index is 12.0. The summed E-state index contributed by atoms with van der Waals surface area (Å²) in [6.45, 7) is 5.43. The van der Waals surface area contributed by atoms with E-state index in [9.17, 15) is 4.79 Å². The molecule has 3 saturated heterocycles. The third kappa shape index (κ3) is 3.36. The standard InChI is InChI=1S/C18H26N2O4/c21-18(16-2-1-7-23-16)19-10-17-15-3-6-20(11-13(15)12-24-17)14-4-8-22-9-5-14/h1-2,7,13-15,17H,3-6,8-12H2,(H,19,21)/t13-,15-,17+/m1/s1. The number of nitrogens with one attached hydrogen (secondary N) is 1. The van der Waals surface area contributed by atoms with Gasteiger partial charge in [-0.3, -0.25) is 9.69 Å². The minimum absolute atomic E-state index is 0.130. The van der Waals surface area contributed by atoms with Crippen LogP contribution in [-0.2, 0) is 9.47 Å². The van der Waals surface area contributed by atoms with Gasteiger partial charge < -0.3 is 19.2 Å². The van der Waals surface area contributed by atoms with Crippen molar-refractivity contribution >= 4 is 5.91 Å². The van der Waals surface area contributed by atoms with Crippen molar-refractivity contribution < 1.29 is 18.7 Å². The van der Waals surface area contributed by atoms with Crippen molar-refractivity contribution in [1.82, 2.24) is 10.2 Å². The Kier molecular flexibility index (Phi) is 4.87. The molecule has 132 valence electrons. The van der Waals surface area contributed by atoms with Crippen LogP contribution in [0.4, 0.5) is 0 Å². The second-order valence-electron chi connectivity index (χ2n) is 7.11. The van der Waals surface area contributed by atoms with E-state index in [0.29, 0.717) is 30.2 Å². The molecule has 4 rings (SSSR count). The lowest BCUT2D eigenvalue weighted by molar-refractivity contribution is 0.0103. The minimum Gasteiger partial charge on any atom is -0.459 e. The number of hydrogen-bond donors (Lipinski definition) is 1. The number of carbonyl (C=O) groups excluding carboxylic acids is 1. The first-order valence-corrected chi connectivity index (χ1v) is 9.06. The predicted octanol–water partition coefficient (Wildman–Crippen LogP) is 1.53. The SMILES string of the molecule is O=C(NC[C@@H]1OC[C@H]2CN(C3CCOCC3)CC[C@H]21)c1ccco1. The fourth-order valence-corrected chi connectivity index (χ4v) is 4.40. The molecule has 0 radical (unpaired) electrons. The molecular formula is C18H26N2O4. The summed E-state index contributed by atoms with van der Waals surface area (Å²) in [5.41, 5.74) is 0. The molecule has 4 heterocycles. The number of ether oxygens (including phenoxy) is 2. The van der Waals surface area contributed by atoms with Gasteiger partial charge in [0, 0.05) is 38.3 Å². The normalized spacial score (nSPS) is 31.8. The van der Waals surface area contributed by atoms with Crippen molar-refractivity contribution in [1.29, 1.82) is 0 Å². The van der Waals surface area contributed by atoms with Crippen molar-refractivity contribution in [3.05, 3.63) is 24.2 Å². The molecule has 0 aromatic carbocycles. The molecule has 1 aromatic heterocycles. The van der Waals surface area contributed by atoms with Gasteiger partial charge in [-0.15, -0.1) is 0 Å². The van der Waals surface area contributed by atoms with E-state index < -0.39 is 0 Å². The summed E-state index contributed by atoms with van der Waals surface area (Å²) in [6.07, 6.45) is 5.11. The van der Waals surface area contributed by atoms with Crippen molar-refractivity contribution in [2.45, 2.75) is 31.4 Å². The van der Waals surface area contributed by atoms with Gasteiger partial charge >= 0.3 is 0 Å². The number of rotatable bonds is 4. The number of carbonyl (C=O) groups is 1. The smallest absolute Gasteiger partial charge is 0.287 e. The summed E-state index contributed by atoms with van der Waals surface area (Å²) < 4.78 is 16.6. The number of piperidine rings is 1. The summed E-state index contributed by atoms with van der Waals surface area (Å²) in [4.78, 5) is 14.6. The zero-order valence-corrected chi connectivity index (χ0v) is 14.0. The molecule has 3 atom stereocenters. The average molecular weight is 334 g/mol. The quantitative estimate of drug-likeness (QED) is 0.905. The van der Waals surface area contributed by atoms with Gasteiger partial charge in [-0.25, -0.2) is 0 Å². The third-order valence-electron chi connectivity index (χ3n) is 5.74. The molecule has 6 heteroatoms. The summed E-state index contributed by atoms with van der Waals surface area (Å²) >= 11 is 0. The van der Waals surface area contributed by atoms with Crippen molar-refractivity contribution in [2.24, 2.45) is 11.8 Å². The molecule has 3 aliphatic rings. The number of likely N-dealkylation sites (tertiary alicyclic amines) is 1. The topological polar surface area (TPSA) is 63.9 Å². The zero-order valence-electron chi connectivity index (χ0n) is 14.0. The van der Waals surface area contributed by atoms with Gasteiger partial charge in [-0.1, -0.05) is 0 Å². The number of amides is 1. The van der Waals surface area contributed by atoms with Gasteiger partial charge in [0.1, 0.15) is 0 Å². The van der Waals surface area contributed by atoms with Gasteiger partial charge in [-0.2, -0.15) is 0 Å². The van der Waals surface area contributed by atoms with E-state index in [4.69, 9.17) is 13.9 Å². The molecule has 3 fully saturated rings. The van der Waals surface area contributed by atoms with Crippen molar-refractivity contribution in [3.63, 3.8) is 0 Å². The maximum absolute atomic E-state index is 12.0. The molecule has 6 nitrogen and oxygen atoms in total. The predicted molar refractivity (Wildman–Crippen MR) is 87.8 cm³/mol. The van der Waals surface area contributed by atoms with Crippen LogP contribution in [0.25, 0.3) is 0 Å². The molecule has 0 bridgehead atoms. The molecular weight excluding hydrogens is 308 g/mol. The number of hydrogen-bond acceptors (Lipinski definition) is 5. The Balaban J connectivity index is 1.28. The third-order valence-corrected chi connectivity index (χ3v) is 5.74. The second-order valence-corrected chi connectivity index (χ2v) is 7.11. The maximum Gasteiger partial charge on any atom is 0.287 e. The Morgan fingerprint density at radius 3 is 2.96 bits per heavy atom. The fraction of sp³-hybridized carbons (Fsp3) is 0.722. The van der Waals surface area contributed by atoms with Gasteiger partial charge in [0.05, 0.1) is 19.0 Å². The van der Waals surface area contributed by atoms with E-state index in [2.05, 4.69) is 10.2 Å². The molecule has 1 aromatic rings. The first-order valence-electron chi connectivity index (χ1n) is 9.06. The molecule has 0 unspecified atom stereocenters. The second kappa shape index (κ2) is 7.25. The van der Waals surface area contributed by atoms with E-state index in [0.717, 1.165) is 52.2 Å². The zero-order chi connectivity index (χ0) is 16.4. The lowest BCUT2D eigenvalue weighted by Crippen LogP contribution is -2.49. The van der Waals surface area contributed by atoms with Crippen molar-refractivity contribution in [3.8, 4) is 0 Å². The Morgan fingerprint density at radius 1 is 1.29 bits per heavy atom. The number of fused-ring (bicyclic) bond motifs is 1. The summed E-state index contributed by atoms with van der Waals surface area (Å²) in [5.74, 6) is 1.34. The Bertz CT molecular complexity index is 541. The van der Waals surface area contributed by atoms with Crippen LogP contribution < -0.4 is 5.32 Å². The van der Waals surface area contributed by atoms with Crippen LogP contribution in [0.2, 0.25) is 0 Å². The van der Waals surface area contributed by atoms with Crippen molar-refractivity contribution in [2.75, 3.05) is 39.5 Å². The average Bonchev–Trinajstić information content (AvgIpc) is 3.30. The molecule has 1 amide bonds. The van der Waals surface area contributed by atoms with Gasteiger partial charge in [0.25, 0.3) is 5.91 Å². The van der Waals surface area contributed by atoms with E-state index in [1.54, 1.807) is 12.1 Å². The molecule has 0 aliphatic carbocycles. The minimum atomic E-state index is -0.160. The van der Waals surface area contributed by atoms with Crippen LogP contribution >= 0.6 is 0 Å². The molecule has 24 heavy (non-hydrogen) atoms. The van der Waals surface area contributed by atoms with Gasteiger partial charge in [0.2, 0.25) is 0 Å². The summed E-state index contributed by atoms with van der Waals surface area (Å²) in [6, 6.07) is 4.08. The Labute approximate surface area is 142 Å². The van der Waals surface area contributed by atoms with Crippen LogP contribution in [-0.4, -0.2) is 62.4 Å². The first-order chi connectivity index (χ1) is 11.8. The lowest BCUT2D eigenvalue weighted by atomic mass is 9.83. The van der Waals surface area contributed by atoms with E-state index >= 15 is 0 Å². The van der Waals surface area contributed by atoms with E-state index in [-0.39, 0.29) is 12.0 Å². The molecule has 3 aliphatic heterocycles. The monoisotopic (exact) mass is 334 g/mol. The van der Waals surface area contributed by atoms with Gasteiger partial charge in [-0.05, 0) is 43.9 Å². The molecule has 0 saturated carbocycles. The van der Waals surface area contributed by atoms with E-state index in [1.807, 2.05) is 0 Å². The van der Waals surface area contributed by atoms with Crippen LogP contribution in [0.5, 0.6) is 0 Å². The lowest BCUT2D eigenvalue weighted by Gasteiger charge is -2.41. The Morgan fingerprint density at radius 2 is 2.17 bits per heavy atom. The highest BCUT2D eigenvalue weighted by atomic mass is 16.5. The van der Waals surface area contributed by atoms with Crippen LogP contribution in [0.15, 0.2) is 22.8 Å². The Hall–Kier alpha value is -1.37. The summed E-state index contributed by atoms with van der Waals surface area (Å²) in [5, 5.41) is 2.95. The fourth-order valence-electron chi connectivity index (χ4n) is 4.40. The van der Waals surface area contributed by atoms with Crippen LogP contribution in [0.1, 0.15) is 29.8 Å². The largest absolute Gasteiger partial charge is 0.459 e.